The van der Waals surface area contributed by atoms with Crippen LogP contribution in [0, 0.1) is 5.92 Å². The van der Waals surface area contributed by atoms with E-state index in [1.165, 1.54) is 17.6 Å². The molecule has 1 aromatic heterocycles. The number of nitrogens with zero attached hydrogens (tertiary/aromatic N) is 1. The first-order valence-electron chi connectivity index (χ1n) is 9.67. The number of carboxylic acid groups (broad SMARTS) is 1. The van der Waals surface area contributed by atoms with E-state index in [1.807, 2.05) is 36.4 Å². The zero-order valence-electron chi connectivity index (χ0n) is 16.0. The van der Waals surface area contributed by atoms with Gasteiger partial charge in [-0.15, -0.1) is 0 Å². The van der Waals surface area contributed by atoms with Crippen LogP contribution in [-0.4, -0.2) is 27.2 Å². The maximum absolute atomic E-state index is 12.5. The molecular weight excluding hydrogens is 370 g/mol. The van der Waals surface area contributed by atoms with Crippen molar-refractivity contribution in [2.45, 2.75) is 37.8 Å². The lowest BCUT2D eigenvalue weighted by Gasteiger charge is -2.37. The number of rotatable bonds is 8. The van der Waals surface area contributed by atoms with Gasteiger partial charge in [0.1, 0.15) is 5.54 Å². The molecule has 1 aromatic carbocycles. The van der Waals surface area contributed by atoms with Gasteiger partial charge in [-0.25, -0.2) is 10.3 Å². The minimum Gasteiger partial charge on any atom is -0.480 e. The van der Waals surface area contributed by atoms with E-state index < -0.39 is 17.4 Å². The molecule has 0 aliphatic heterocycles. The average Bonchev–Trinajstić information content (AvgIpc) is 3.29. The average molecular weight is 395 g/mol. The molecule has 1 atom stereocenters. The van der Waals surface area contributed by atoms with Crippen LogP contribution in [0.3, 0.4) is 0 Å². The van der Waals surface area contributed by atoms with Crippen LogP contribution in [0.4, 0.5) is 0 Å². The van der Waals surface area contributed by atoms with E-state index in [4.69, 9.17) is 5.21 Å². The van der Waals surface area contributed by atoms with Crippen molar-refractivity contribution in [3.63, 3.8) is 0 Å². The Hall–Kier alpha value is -3.03. The molecule has 1 fully saturated rings. The highest BCUT2D eigenvalue weighted by atomic mass is 16.5. The number of nitrogens with one attached hydrogen (secondary N) is 2. The number of carboxylic acids is 1. The predicted molar refractivity (Wildman–Crippen MR) is 108 cm³/mol. The second kappa shape index (κ2) is 9.45. The van der Waals surface area contributed by atoms with Crippen molar-refractivity contribution in [2.75, 3.05) is 0 Å². The Morgan fingerprint density at radius 2 is 1.86 bits per heavy atom. The minimum absolute atomic E-state index is 0.0227. The lowest BCUT2D eigenvalue weighted by molar-refractivity contribution is -0.148. The molecular formula is C22H25N3O4. The number of aliphatic carboxylic acids is 1. The van der Waals surface area contributed by atoms with Gasteiger partial charge in [0.2, 0.25) is 0 Å². The molecule has 7 nitrogen and oxygen atoms in total. The van der Waals surface area contributed by atoms with E-state index in [9.17, 15) is 14.7 Å². The van der Waals surface area contributed by atoms with E-state index in [1.54, 1.807) is 12.3 Å². The molecule has 0 bridgehead atoms. The van der Waals surface area contributed by atoms with Crippen molar-refractivity contribution in [2.24, 2.45) is 5.92 Å². The third-order valence-electron chi connectivity index (χ3n) is 5.47. The zero-order valence-corrected chi connectivity index (χ0v) is 16.0. The topological polar surface area (TPSA) is 112 Å². The Kier molecular flexibility index (Phi) is 6.74. The van der Waals surface area contributed by atoms with Crippen molar-refractivity contribution in [1.82, 2.24) is 15.8 Å². The van der Waals surface area contributed by atoms with Crippen LogP contribution < -0.4 is 10.8 Å². The summed E-state index contributed by atoms with van der Waals surface area (Å²) in [7, 11) is 0. The summed E-state index contributed by atoms with van der Waals surface area (Å²) in [5.41, 5.74) is 2.54. The highest BCUT2D eigenvalue weighted by Gasteiger charge is 2.47. The highest BCUT2D eigenvalue weighted by Crippen LogP contribution is 2.41. The fourth-order valence-corrected chi connectivity index (χ4v) is 3.99. The van der Waals surface area contributed by atoms with Crippen LogP contribution in [0.25, 0.3) is 6.08 Å². The molecule has 1 aliphatic carbocycles. The summed E-state index contributed by atoms with van der Waals surface area (Å²) in [5, 5.41) is 22.1. The van der Waals surface area contributed by atoms with Crippen LogP contribution >= 0.6 is 0 Å². The SMILES string of the molecule is O=C(/C=C/c1ccc(CN[C@](C(=O)O)(c2ccccc2)C2CCCC2)cn1)NO. The standard InChI is InChI=1S/C22H25N3O4/c26-20(25-29)13-12-19-11-10-16(14-23-19)15-24-22(21(27)28,18-8-4-5-9-18)17-6-2-1-3-7-17/h1-3,6-7,10-14,18,24,29H,4-5,8-9,15H2,(H,25,26)(H,27,28)/b13-12+/t22-/m1/s1. The van der Waals surface area contributed by atoms with Gasteiger partial charge in [0, 0.05) is 18.8 Å². The molecule has 2 aromatic rings. The summed E-state index contributed by atoms with van der Waals surface area (Å²) in [4.78, 5) is 27.8. The molecule has 3 rings (SSSR count). The van der Waals surface area contributed by atoms with Crippen LogP contribution in [0.5, 0.6) is 0 Å². The summed E-state index contributed by atoms with van der Waals surface area (Å²) in [6.45, 7) is 0.353. The minimum atomic E-state index is -1.14. The van der Waals surface area contributed by atoms with Gasteiger partial charge in [-0.1, -0.05) is 49.2 Å². The predicted octanol–water partition coefficient (Wildman–Crippen LogP) is 2.86. The van der Waals surface area contributed by atoms with Crippen LogP contribution in [-0.2, 0) is 21.7 Å². The molecule has 4 N–H and O–H groups in total. The van der Waals surface area contributed by atoms with E-state index >= 15 is 0 Å². The Bertz CT molecular complexity index is 861. The molecule has 0 radical (unpaired) electrons. The molecule has 1 heterocycles. The summed E-state index contributed by atoms with van der Waals surface area (Å²) in [6.07, 6.45) is 8.14. The van der Waals surface area contributed by atoms with E-state index in [0.29, 0.717) is 12.2 Å². The first kappa shape index (κ1) is 20.7. The fraction of sp³-hybridized carbons (Fsp3) is 0.318. The number of carbonyl (C=O) groups excluding carboxylic acids is 1. The van der Waals surface area contributed by atoms with Gasteiger partial charge in [0.05, 0.1) is 5.69 Å². The Balaban J connectivity index is 1.81. The number of aromatic nitrogens is 1. The van der Waals surface area contributed by atoms with E-state index in [0.717, 1.165) is 36.8 Å². The Labute approximate surface area is 169 Å². The maximum Gasteiger partial charge on any atom is 0.328 e. The maximum atomic E-state index is 12.5. The van der Waals surface area contributed by atoms with E-state index in [-0.39, 0.29) is 5.92 Å². The number of pyridine rings is 1. The summed E-state index contributed by atoms with van der Waals surface area (Å²) < 4.78 is 0. The lowest BCUT2D eigenvalue weighted by Crippen LogP contribution is -2.53. The second-order valence-electron chi connectivity index (χ2n) is 7.21. The van der Waals surface area contributed by atoms with Crippen molar-refractivity contribution < 1.29 is 19.9 Å². The number of carbonyl (C=O) groups is 2. The van der Waals surface area contributed by atoms with Crippen LogP contribution in [0.2, 0.25) is 0 Å². The summed E-state index contributed by atoms with van der Waals surface area (Å²) >= 11 is 0. The summed E-state index contributed by atoms with van der Waals surface area (Å²) in [6, 6.07) is 12.9. The number of hydrogen-bond acceptors (Lipinski definition) is 5. The van der Waals surface area contributed by atoms with Gasteiger partial charge < -0.3 is 5.11 Å². The van der Waals surface area contributed by atoms with Gasteiger partial charge in [0.15, 0.2) is 0 Å². The normalized spacial score (nSPS) is 16.6. The third kappa shape index (κ3) is 4.70. The molecule has 0 saturated heterocycles. The highest BCUT2D eigenvalue weighted by molar-refractivity contribution is 5.90. The molecule has 0 unspecified atom stereocenters. The first-order valence-corrected chi connectivity index (χ1v) is 9.67. The molecule has 0 spiro atoms. The molecule has 1 amide bonds. The van der Waals surface area contributed by atoms with E-state index in [2.05, 4.69) is 10.3 Å². The van der Waals surface area contributed by atoms with Crippen LogP contribution in [0.1, 0.15) is 42.5 Å². The van der Waals surface area contributed by atoms with Crippen molar-refractivity contribution >= 4 is 18.0 Å². The van der Waals surface area contributed by atoms with Crippen molar-refractivity contribution in [3.05, 3.63) is 71.6 Å². The molecule has 7 heteroatoms. The second-order valence-corrected chi connectivity index (χ2v) is 7.21. The number of hydroxylamine groups is 1. The lowest BCUT2D eigenvalue weighted by atomic mass is 9.76. The smallest absolute Gasteiger partial charge is 0.328 e. The van der Waals surface area contributed by atoms with Gasteiger partial charge in [-0.3, -0.25) is 20.3 Å². The first-order chi connectivity index (χ1) is 14.1. The van der Waals surface area contributed by atoms with Crippen molar-refractivity contribution in [1.29, 1.82) is 0 Å². The third-order valence-corrected chi connectivity index (χ3v) is 5.47. The number of hydrogen-bond donors (Lipinski definition) is 4. The van der Waals surface area contributed by atoms with Gasteiger partial charge in [0.25, 0.3) is 5.91 Å². The zero-order chi connectivity index (χ0) is 20.7. The van der Waals surface area contributed by atoms with Gasteiger partial charge in [-0.2, -0.15) is 0 Å². The largest absolute Gasteiger partial charge is 0.480 e. The van der Waals surface area contributed by atoms with Gasteiger partial charge in [-0.05, 0) is 42.0 Å². The summed E-state index contributed by atoms with van der Waals surface area (Å²) in [5.74, 6) is -1.48. The monoisotopic (exact) mass is 395 g/mol. The fourth-order valence-electron chi connectivity index (χ4n) is 3.99. The quantitative estimate of drug-likeness (QED) is 0.311. The number of benzene rings is 1. The molecule has 1 aliphatic rings. The van der Waals surface area contributed by atoms with Gasteiger partial charge >= 0.3 is 5.97 Å². The number of amides is 1. The Morgan fingerprint density at radius 3 is 2.45 bits per heavy atom. The molecule has 29 heavy (non-hydrogen) atoms. The van der Waals surface area contributed by atoms with Crippen LogP contribution in [0.15, 0.2) is 54.7 Å². The molecule has 152 valence electrons. The molecule has 1 saturated carbocycles. The van der Waals surface area contributed by atoms with Crippen molar-refractivity contribution in [3.8, 4) is 0 Å². The Morgan fingerprint density at radius 1 is 1.14 bits per heavy atom.